The van der Waals surface area contributed by atoms with Gasteiger partial charge in [-0.15, -0.1) is 0 Å². The summed E-state index contributed by atoms with van der Waals surface area (Å²) in [5.74, 6) is -6.52. The number of carbonyl (C=O) groups is 3. The number of halogens is 3. The lowest BCUT2D eigenvalue weighted by Crippen LogP contribution is -2.50. The molecular formula is C12H18F3NO4S. The van der Waals surface area contributed by atoms with Crippen LogP contribution in [0.2, 0.25) is 0 Å². The average molecular weight is 329 g/mol. The van der Waals surface area contributed by atoms with Crippen LogP contribution in [0.5, 0.6) is 0 Å². The van der Waals surface area contributed by atoms with E-state index in [9.17, 15) is 27.6 Å². The Balaban J connectivity index is 5.02. The van der Waals surface area contributed by atoms with E-state index in [4.69, 9.17) is 5.11 Å². The van der Waals surface area contributed by atoms with E-state index in [1.54, 1.807) is 6.92 Å². The van der Waals surface area contributed by atoms with Crippen molar-refractivity contribution in [2.24, 2.45) is 11.8 Å². The lowest BCUT2D eigenvalue weighted by atomic mass is 9.98. The molecule has 5 nitrogen and oxygen atoms in total. The number of hydrogen-bond acceptors (Lipinski definition) is 4. The average Bonchev–Trinajstić information content (AvgIpc) is 2.32. The van der Waals surface area contributed by atoms with Crippen molar-refractivity contribution in [3.05, 3.63) is 0 Å². The number of thioether (sulfide) groups is 1. The molecular weight excluding hydrogens is 311 g/mol. The fourth-order valence-electron chi connectivity index (χ4n) is 1.46. The minimum absolute atomic E-state index is 0.377. The van der Waals surface area contributed by atoms with Gasteiger partial charge in [-0.1, -0.05) is 32.0 Å². The van der Waals surface area contributed by atoms with Gasteiger partial charge in [-0.2, -0.15) is 13.2 Å². The van der Waals surface area contributed by atoms with Crippen LogP contribution in [0.3, 0.4) is 0 Å². The van der Waals surface area contributed by atoms with E-state index >= 15 is 0 Å². The van der Waals surface area contributed by atoms with Crippen molar-refractivity contribution in [3.63, 3.8) is 0 Å². The minimum Gasteiger partial charge on any atom is -0.480 e. The first-order valence-electron chi connectivity index (χ1n) is 6.23. The number of aliphatic carboxylic acids is 1. The van der Waals surface area contributed by atoms with Gasteiger partial charge in [-0.25, -0.2) is 4.79 Å². The van der Waals surface area contributed by atoms with Gasteiger partial charge in [0, 0.05) is 12.7 Å². The zero-order valence-corrected chi connectivity index (χ0v) is 12.7. The van der Waals surface area contributed by atoms with Crippen LogP contribution in [0.15, 0.2) is 0 Å². The van der Waals surface area contributed by atoms with Gasteiger partial charge in [-0.3, -0.25) is 9.59 Å². The highest BCUT2D eigenvalue weighted by atomic mass is 32.2. The van der Waals surface area contributed by atoms with Gasteiger partial charge < -0.3 is 10.4 Å². The number of carboxylic acid groups (broad SMARTS) is 1. The Bertz CT molecular complexity index is 400. The molecule has 0 aliphatic rings. The maximum Gasteiger partial charge on any atom is 0.401 e. The lowest BCUT2D eigenvalue weighted by Gasteiger charge is -2.24. The number of hydrogen-bond donors (Lipinski definition) is 2. The number of nitrogens with one attached hydrogen (secondary N) is 1. The van der Waals surface area contributed by atoms with Crippen LogP contribution in [0.1, 0.15) is 27.2 Å². The molecule has 0 aromatic heterocycles. The number of carbonyl (C=O) groups excluding carboxylic acids is 2. The molecule has 0 saturated carbocycles. The van der Waals surface area contributed by atoms with E-state index in [2.05, 4.69) is 0 Å². The number of alkyl halides is 3. The first-order valence-corrected chi connectivity index (χ1v) is 7.22. The van der Waals surface area contributed by atoms with E-state index in [0.717, 1.165) is 6.92 Å². The van der Waals surface area contributed by atoms with Crippen molar-refractivity contribution >= 4 is 28.8 Å². The molecule has 0 radical (unpaired) electrons. The molecule has 2 unspecified atom stereocenters. The number of rotatable bonds is 7. The Morgan fingerprint density at radius 2 is 1.81 bits per heavy atom. The third-order valence-corrected chi connectivity index (χ3v) is 3.85. The van der Waals surface area contributed by atoms with Crippen LogP contribution < -0.4 is 5.32 Å². The van der Waals surface area contributed by atoms with E-state index in [-0.39, 0.29) is 0 Å². The quantitative estimate of drug-likeness (QED) is 0.747. The monoisotopic (exact) mass is 329 g/mol. The highest BCUT2D eigenvalue weighted by molar-refractivity contribution is 8.13. The molecule has 9 heteroatoms. The molecule has 21 heavy (non-hydrogen) atoms. The second-order valence-electron chi connectivity index (χ2n) is 4.61. The standard InChI is InChI=1S/C12H18F3NO4S/c1-4-6(2)9(11(19)20)16-10(18)8(12(13,14)15)5-21-7(3)17/h6,8-9H,4-5H2,1-3H3,(H,16,18)(H,19,20)/t6?,8?,9-/m0/s1. The van der Waals surface area contributed by atoms with Crippen LogP contribution in [-0.4, -0.2) is 40.1 Å². The van der Waals surface area contributed by atoms with Gasteiger partial charge in [0.05, 0.1) is 0 Å². The first-order chi connectivity index (χ1) is 9.50. The summed E-state index contributed by atoms with van der Waals surface area (Å²) in [6, 6.07) is -1.39. The second-order valence-corrected chi connectivity index (χ2v) is 5.80. The van der Waals surface area contributed by atoms with Crippen LogP contribution in [0.4, 0.5) is 13.2 Å². The van der Waals surface area contributed by atoms with E-state index in [0.29, 0.717) is 18.2 Å². The highest BCUT2D eigenvalue weighted by Crippen LogP contribution is 2.30. The van der Waals surface area contributed by atoms with Crippen LogP contribution in [-0.2, 0) is 14.4 Å². The molecule has 0 bridgehead atoms. The Labute approximate surface area is 124 Å². The predicted octanol–water partition coefficient (Wildman–Crippen LogP) is 2.06. The maximum atomic E-state index is 12.8. The van der Waals surface area contributed by atoms with Crippen LogP contribution in [0.25, 0.3) is 0 Å². The zero-order valence-electron chi connectivity index (χ0n) is 11.9. The smallest absolute Gasteiger partial charge is 0.401 e. The predicted molar refractivity (Wildman–Crippen MR) is 71.7 cm³/mol. The van der Waals surface area contributed by atoms with Crippen molar-refractivity contribution in [1.82, 2.24) is 5.32 Å². The molecule has 0 rings (SSSR count). The maximum absolute atomic E-state index is 12.8. The third kappa shape index (κ3) is 6.83. The highest BCUT2D eigenvalue weighted by Gasteiger charge is 2.46. The summed E-state index contributed by atoms with van der Waals surface area (Å²) >= 11 is 0.377. The van der Waals surface area contributed by atoms with Gasteiger partial charge in [0.1, 0.15) is 12.0 Å². The van der Waals surface area contributed by atoms with E-state index < -0.39 is 46.8 Å². The van der Waals surface area contributed by atoms with E-state index in [1.165, 1.54) is 6.92 Å². The molecule has 1 amide bonds. The molecule has 0 heterocycles. The summed E-state index contributed by atoms with van der Waals surface area (Å²) < 4.78 is 38.5. The summed E-state index contributed by atoms with van der Waals surface area (Å²) in [5, 5.41) is 10.3. The molecule has 0 aromatic rings. The molecule has 3 atom stereocenters. The Morgan fingerprint density at radius 3 is 2.14 bits per heavy atom. The normalized spacial score (nSPS) is 15.9. The van der Waals surface area contributed by atoms with Crippen LogP contribution >= 0.6 is 11.8 Å². The topological polar surface area (TPSA) is 83.5 Å². The van der Waals surface area contributed by atoms with E-state index in [1.807, 2.05) is 5.32 Å². The summed E-state index contributed by atoms with van der Waals surface area (Å²) in [6.45, 7) is 4.28. The van der Waals surface area contributed by atoms with Gasteiger partial charge in [0.15, 0.2) is 5.12 Å². The fourth-order valence-corrected chi connectivity index (χ4v) is 2.20. The second kappa shape index (κ2) is 8.26. The lowest BCUT2D eigenvalue weighted by molar-refractivity contribution is -0.179. The molecule has 2 N–H and O–H groups in total. The van der Waals surface area contributed by atoms with Gasteiger partial charge >= 0.3 is 12.1 Å². The Hall–Kier alpha value is -1.25. The molecule has 0 saturated heterocycles. The largest absolute Gasteiger partial charge is 0.480 e. The molecule has 0 aromatic carbocycles. The summed E-state index contributed by atoms with van der Waals surface area (Å²) in [4.78, 5) is 33.5. The Morgan fingerprint density at radius 1 is 1.29 bits per heavy atom. The molecule has 0 spiro atoms. The molecule has 0 aliphatic carbocycles. The number of carboxylic acids is 1. The molecule has 0 aliphatic heterocycles. The summed E-state index contributed by atoms with van der Waals surface area (Å²) in [7, 11) is 0. The molecule has 122 valence electrons. The third-order valence-electron chi connectivity index (χ3n) is 2.94. The Kier molecular flexibility index (Phi) is 7.76. The minimum atomic E-state index is -4.84. The van der Waals surface area contributed by atoms with Gasteiger partial charge in [0.25, 0.3) is 0 Å². The summed E-state index contributed by atoms with van der Waals surface area (Å²) in [5.41, 5.74) is 0. The van der Waals surface area contributed by atoms with Crippen molar-refractivity contribution in [3.8, 4) is 0 Å². The van der Waals surface area contributed by atoms with Crippen molar-refractivity contribution in [1.29, 1.82) is 0 Å². The van der Waals surface area contributed by atoms with Crippen molar-refractivity contribution in [2.75, 3.05) is 5.75 Å². The van der Waals surface area contributed by atoms with Crippen LogP contribution in [0, 0.1) is 11.8 Å². The van der Waals surface area contributed by atoms with Gasteiger partial charge in [-0.05, 0) is 5.92 Å². The zero-order chi connectivity index (χ0) is 16.8. The summed E-state index contributed by atoms with van der Waals surface area (Å²) in [6.07, 6.45) is -4.46. The molecule has 0 fully saturated rings. The van der Waals surface area contributed by atoms with Crippen molar-refractivity contribution in [2.45, 2.75) is 39.4 Å². The first kappa shape index (κ1) is 19.8. The SMILES string of the molecule is CCC(C)[C@H](NC(=O)C(CSC(C)=O)C(F)(F)F)C(=O)O. The number of amides is 1. The van der Waals surface area contributed by atoms with Gasteiger partial charge in [0.2, 0.25) is 5.91 Å². The van der Waals surface area contributed by atoms with Crippen molar-refractivity contribution < 1.29 is 32.7 Å². The fraction of sp³-hybridized carbons (Fsp3) is 0.750.